The molecule has 0 saturated heterocycles. The Kier molecular flexibility index (Phi) is 3.49. The Labute approximate surface area is 133 Å². The molecule has 2 aliphatic heterocycles. The monoisotopic (exact) mass is 334 g/mol. The van der Waals surface area contributed by atoms with Crippen molar-refractivity contribution >= 4 is 26.7 Å². The lowest BCUT2D eigenvalue weighted by Crippen LogP contribution is -2.38. The highest BCUT2D eigenvalue weighted by Crippen LogP contribution is 2.37. The number of hydrogen-bond acceptors (Lipinski definition) is 2. The molecule has 0 atom stereocenters. The summed E-state index contributed by atoms with van der Waals surface area (Å²) in [4.78, 5) is 14.1. The second-order valence-corrected chi connectivity index (χ2v) is 5.93. The summed E-state index contributed by atoms with van der Waals surface area (Å²) in [7, 11) is 0.901. The number of benzene rings is 1. The van der Waals surface area contributed by atoms with E-state index in [1.54, 1.807) is 36.4 Å². The second-order valence-electron chi connectivity index (χ2n) is 4.93. The van der Waals surface area contributed by atoms with Crippen LogP contribution in [0.4, 0.5) is 13.2 Å². The fourth-order valence-electron chi connectivity index (χ4n) is 2.43. The van der Waals surface area contributed by atoms with Gasteiger partial charge in [0.15, 0.2) is 0 Å². The standard InChI is InChI=1S/C16H9F3N2OS/c1-9-7-12(16(17,18)19)11(8-20)15-21(9)14(22)13(23-15)10-5-3-2-4-6-10/h2-7H,1H3. The SMILES string of the molecule is CC1=CC(C(F)(F)F)=C(C#N)C2=S=C(c3ccccc3)C(=O)N12. The van der Waals surface area contributed by atoms with E-state index in [-0.39, 0.29) is 10.7 Å². The van der Waals surface area contributed by atoms with Gasteiger partial charge in [-0.2, -0.15) is 18.4 Å². The quantitative estimate of drug-likeness (QED) is 0.740. The average Bonchev–Trinajstić information content (AvgIpc) is 2.85. The summed E-state index contributed by atoms with van der Waals surface area (Å²) in [6.07, 6.45) is -3.81. The largest absolute Gasteiger partial charge is 0.417 e. The number of nitriles is 1. The Hall–Kier alpha value is -2.59. The third-order valence-corrected chi connectivity index (χ3v) is 4.64. The molecule has 0 radical (unpaired) electrons. The lowest BCUT2D eigenvalue weighted by Gasteiger charge is -2.26. The Morgan fingerprint density at radius 3 is 2.43 bits per heavy atom. The van der Waals surface area contributed by atoms with Gasteiger partial charge in [0.05, 0.1) is 11.1 Å². The number of carbonyl (C=O) groups excluding carboxylic acids is 1. The molecule has 0 aliphatic carbocycles. The topological polar surface area (TPSA) is 44.1 Å². The number of halogens is 3. The van der Waals surface area contributed by atoms with E-state index in [1.165, 1.54) is 11.8 Å². The molecule has 1 aromatic rings. The predicted octanol–water partition coefficient (Wildman–Crippen LogP) is 3.21. The van der Waals surface area contributed by atoms with Gasteiger partial charge in [0.2, 0.25) is 0 Å². The van der Waals surface area contributed by atoms with Crippen LogP contribution in [0.25, 0.3) is 0 Å². The molecule has 0 saturated carbocycles. The number of hydrogen-bond donors (Lipinski definition) is 0. The first-order valence-corrected chi connectivity index (χ1v) is 7.38. The summed E-state index contributed by atoms with van der Waals surface area (Å²) >= 11 is 0. The molecule has 0 bridgehead atoms. The van der Waals surface area contributed by atoms with Crippen LogP contribution in [0.3, 0.4) is 0 Å². The highest BCUT2D eigenvalue weighted by molar-refractivity contribution is 8.01. The van der Waals surface area contributed by atoms with Gasteiger partial charge in [-0.1, -0.05) is 30.3 Å². The normalized spacial score (nSPS) is 17.8. The first-order chi connectivity index (χ1) is 10.8. The predicted molar refractivity (Wildman–Crippen MR) is 82.4 cm³/mol. The van der Waals surface area contributed by atoms with E-state index in [1.807, 2.05) is 0 Å². The van der Waals surface area contributed by atoms with Crippen LogP contribution in [0.5, 0.6) is 0 Å². The minimum atomic E-state index is -4.65. The molecular formula is C16H9F3N2OS. The van der Waals surface area contributed by atoms with Crippen molar-refractivity contribution in [3.63, 3.8) is 0 Å². The van der Waals surface area contributed by atoms with Crippen molar-refractivity contribution in [3.05, 3.63) is 58.8 Å². The van der Waals surface area contributed by atoms with E-state index in [9.17, 15) is 23.2 Å². The van der Waals surface area contributed by atoms with Crippen molar-refractivity contribution < 1.29 is 18.0 Å². The Morgan fingerprint density at radius 2 is 1.87 bits per heavy atom. The molecule has 1 aromatic carbocycles. The summed E-state index contributed by atoms with van der Waals surface area (Å²) < 4.78 is 39.4. The summed E-state index contributed by atoms with van der Waals surface area (Å²) in [6, 6.07) is 10.3. The number of nitrogens with zero attached hydrogens (tertiary/aromatic N) is 2. The molecule has 3 rings (SSSR count). The fraction of sp³-hybridized carbons (Fsp3) is 0.125. The van der Waals surface area contributed by atoms with Crippen LogP contribution in [-0.4, -0.2) is 26.8 Å². The van der Waals surface area contributed by atoms with Crippen molar-refractivity contribution in [2.45, 2.75) is 13.1 Å². The molecule has 2 heterocycles. The zero-order valence-electron chi connectivity index (χ0n) is 11.8. The molecule has 23 heavy (non-hydrogen) atoms. The van der Waals surface area contributed by atoms with Gasteiger partial charge < -0.3 is 0 Å². The summed E-state index contributed by atoms with van der Waals surface area (Å²) in [6.45, 7) is 1.42. The number of allylic oxidation sites excluding steroid dienone is 3. The highest BCUT2D eigenvalue weighted by Gasteiger charge is 2.43. The smallest absolute Gasteiger partial charge is 0.270 e. The molecule has 116 valence electrons. The van der Waals surface area contributed by atoms with Crippen LogP contribution in [0, 0.1) is 11.3 Å². The summed E-state index contributed by atoms with van der Waals surface area (Å²) in [5.41, 5.74) is -0.774. The van der Waals surface area contributed by atoms with Crippen LogP contribution in [0.2, 0.25) is 0 Å². The summed E-state index contributed by atoms with van der Waals surface area (Å²) in [5, 5.41) is 9.18. The third kappa shape index (κ3) is 2.41. The number of amides is 1. The molecule has 0 spiro atoms. The maximum absolute atomic E-state index is 13.1. The second kappa shape index (κ2) is 5.25. The zero-order chi connectivity index (χ0) is 16.8. The van der Waals surface area contributed by atoms with Gasteiger partial charge in [0, 0.05) is 5.70 Å². The Balaban J connectivity index is 2.26. The van der Waals surface area contributed by atoms with Gasteiger partial charge in [-0.15, -0.1) is 10.9 Å². The van der Waals surface area contributed by atoms with Crippen LogP contribution < -0.4 is 0 Å². The molecule has 3 nitrogen and oxygen atoms in total. The van der Waals surface area contributed by atoms with Gasteiger partial charge >= 0.3 is 6.18 Å². The minimum absolute atomic E-state index is 0.0173. The number of alkyl halides is 3. The van der Waals surface area contributed by atoms with Crippen molar-refractivity contribution in [3.8, 4) is 6.07 Å². The van der Waals surface area contributed by atoms with E-state index in [0.29, 0.717) is 10.4 Å². The third-order valence-electron chi connectivity index (χ3n) is 3.44. The molecule has 0 fully saturated rings. The number of carbonyl (C=O) groups is 1. The average molecular weight is 334 g/mol. The fourth-order valence-corrected chi connectivity index (χ4v) is 3.63. The van der Waals surface area contributed by atoms with Crippen molar-refractivity contribution in [1.29, 1.82) is 5.26 Å². The molecular weight excluding hydrogens is 325 g/mol. The molecule has 0 aromatic heterocycles. The molecule has 0 unspecified atom stereocenters. The molecule has 7 heteroatoms. The van der Waals surface area contributed by atoms with Crippen LogP contribution in [-0.2, 0) is 4.79 Å². The molecule has 1 amide bonds. The van der Waals surface area contributed by atoms with Crippen molar-refractivity contribution in [2.24, 2.45) is 0 Å². The Morgan fingerprint density at radius 1 is 1.22 bits per heavy atom. The minimum Gasteiger partial charge on any atom is -0.270 e. The zero-order valence-corrected chi connectivity index (χ0v) is 12.6. The van der Waals surface area contributed by atoms with E-state index >= 15 is 0 Å². The van der Waals surface area contributed by atoms with Gasteiger partial charge in [-0.25, -0.2) is 0 Å². The van der Waals surface area contributed by atoms with E-state index < -0.39 is 23.2 Å². The lowest BCUT2D eigenvalue weighted by atomic mass is 10.0. The maximum Gasteiger partial charge on any atom is 0.417 e. The van der Waals surface area contributed by atoms with E-state index in [2.05, 4.69) is 0 Å². The first-order valence-electron chi connectivity index (χ1n) is 6.56. The van der Waals surface area contributed by atoms with Gasteiger partial charge in [-0.3, -0.25) is 9.69 Å². The summed E-state index contributed by atoms with van der Waals surface area (Å²) in [5.74, 6) is -0.418. The Bertz CT molecular complexity index is 882. The molecule has 2 aliphatic rings. The van der Waals surface area contributed by atoms with Gasteiger partial charge in [-0.05, 0) is 18.6 Å². The van der Waals surface area contributed by atoms with E-state index in [0.717, 1.165) is 17.0 Å². The van der Waals surface area contributed by atoms with Gasteiger partial charge in [0.25, 0.3) is 5.91 Å². The lowest BCUT2D eigenvalue weighted by molar-refractivity contribution is -0.119. The number of fused-ring (bicyclic) bond motifs is 1. The van der Waals surface area contributed by atoms with Crippen molar-refractivity contribution in [2.75, 3.05) is 0 Å². The molecule has 0 N–H and O–H groups in total. The van der Waals surface area contributed by atoms with E-state index in [4.69, 9.17) is 0 Å². The van der Waals surface area contributed by atoms with Gasteiger partial charge in [0.1, 0.15) is 15.9 Å². The maximum atomic E-state index is 13.1. The van der Waals surface area contributed by atoms with Crippen LogP contribution in [0.1, 0.15) is 12.5 Å². The van der Waals surface area contributed by atoms with Crippen molar-refractivity contribution in [1.82, 2.24) is 4.90 Å². The van der Waals surface area contributed by atoms with Crippen LogP contribution in [0.15, 0.2) is 53.3 Å². The first kappa shape index (κ1) is 15.3. The number of rotatable bonds is 1. The van der Waals surface area contributed by atoms with Crippen LogP contribution >= 0.6 is 10.9 Å². The highest BCUT2D eigenvalue weighted by atomic mass is 32.1.